The summed E-state index contributed by atoms with van der Waals surface area (Å²) in [6.45, 7) is 0. The highest BCUT2D eigenvalue weighted by molar-refractivity contribution is 5.86. The summed E-state index contributed by atoms with van der Waals surface area (Å²) in [5.41, 5.74) is 9.04. The zero-order chi connectivity index (χ0) is 17.1. The molecular weight excluding hydrogens is 306 g/mol. The van der Waals surface area contributed by atoms with Crippen LogP contribution in [0.1, 0.15) is 76.2 Å². The Morgan fingerprint density at radius 3 is 2.24 bits per heavy atom. The molecule has 0 radical (unpaired) electrons. The first-order valence-electron chi connectivity index (χ1n) is 10.2. The zero-order valence-electron chi connectivity index (χ0n) is 15.3. The van der Waals surface area contributed by atoms with Crippen molar-refractivity contribution in [3.05, 3.63) is 41.6 Å². The number of hydrogen-bond donors (Lipinski definition) is 1. The van der Waals surface area contributed by atoms with E-state index in [4.69, 9.17) is 10.7 Å². The smallest absolute Gasteiger partial charge is 0.197 e. The van der Waals surface area contributed by atoms with Gasteiger partial charge in [0.25, 0.3) is 0 Å². The van der Waals surface area contributed by atoms with Crippen molar-refractivity contribution in [1.82, 2.24) is 4.90 Å². The van der Waals surface area contributed by atoms with Crippen molar-refractivity contribution < 1.29 is 0 Å². The molecule has 2 saturated carbocycles. The highest BCUT2D eigenvalue weighted by Crippen LogP contribution is 2.46. The molecule has 2 N–H and O–H groups in total. The van der Waals surface area contributed by atoms with E-state index in [1.807, 2.05) is 0 Å². The Hall–Kier alpha value is -1.77. The average molecular weight is 338 g/mol. The van der Waals surface area contributed by atoms with Crippen LogP contribution < -0.4 is 5.73 Å². The van der Waals surface area contributed by atoms with Crippen molar-refractivity contribution in [3.63, 3.8) is 0 Å². The van der Waals surface area contributed by atoms with E-state index >= 15 is 0 Å². The van der Waals surface area contributed by atoms with Gasteiger partial charge in [-0.15, -0.1) is 0 Å². The third-order valence-electron chi connectivity index (χ3n) is 6.39. The molecule has 1 heterocycles. The van der Waals surface area contributed by atoms with Crippen LogP contribution >= 0.6 is 0 Å². The lowest BCUT2D eigenvalue weighted by Gasteiger charge is -2.46. The van der Waals surface area contributed by atoms with Crippen molar-refractivity contribution in [1.29, 1.82) is 0 Å². The lowest BCUT2D eigenvalue weighted by Crippen LogP contribution is -2.56. The maximum Gasteiger partial charge on any atom is 0.197 e. The molecule has 1 spiro atoms. The Morgan fingerprint density at radius 1 is 0.920 bits per heavy atom. The van der Waals surface area contributed by atoms with Crippen molar-refractivity contribution in [3.8, 4) is 0 Å². The van der Waals surface area contributed by atoms with Gasteiger partial charge in [-0.05, 0) is 37.3 Å². The minimum absolute atomic E-state index is 0.0488. The lowest BCUT2D eigenvalue weighted by atomic mass is 9.77. The number of benzene rings is 1. The highest BCUT2D eigenvalue weighted by Gasteiger charge is 2.49. The van der Waals surface area contributed by atoms with Gasteiger partial charge in [0.1, 0.15) is 0 Å². The van der Waals surface area contributed by atoms with Gasteiger partial charge in [0.05, 0.1) is 11.2 Å². The van der Waals surface area contributed by atoms with Crippen LogP contribution in [0, 0.1) is 0 Å². The predicted molar refractivity (Wildman–Crippen MR) is 105 cm³/mol. The molecule has 2 aliphatic carbocycles. The fourth-order valence-electron chi connectivity index (χ4n) is 5.18. The molecule has 0 aromatic heterocycles. The molecular formula is C22H31N3. The number of guanidine groups is 1. The first-order valence-corrected chi connectivity index (χ1v) is 10.2. The third kappa shape index (κ3) is 3.21. The number of rotatable bonds is 2. The predicted octanol–water partition coefficient (Wildman–Crippen LogP) is 5.08. The molecule has 0 bridgehead atoms. The molecule has 134 valence electrons. The van der Waals surface area contributed by atoms with E-state index in [1.54, 1.807) is 0 Å². The van der Waals surface area contributed by atoms with Gasteiger partial charge in [0, 0.05) is 6.04 Å². The Kier molecular flexibility index (Phi) is 4.82. The van der Waals surface area contributed by atoms with E-state index in [2.05, 4.69) is 41.3 Å². The highest BCUT2D eigenvalue weighted by atomic mass is 15.4. The molecule has 0 amide bonds. The summed E-state index contributed by atoms with van der Waals surface area (Å²) in [5, 5.41) is 0. The molecule has 1 aromatic rings. The lowest BCUT2D eigenvalue weighted by molar-refractivity contribution is 0.115. The molecule has 25 heavy (non-hydrogen) atoms. The monoisotopic (exact) mass is 337 g/mol. The zero-order valence-corrected chi connectivity index (χ0v) is 15.3. The second-order valence-corrected chi connectivity index (χ2v) is 8.02. The Bertz CT molecular complexity index is 632. The van der Waals surface area contributed by atoms with E-state index in [9.17, 15) is 0 Å². The fourth-order valence-corrected chi connectivity index (χ4v) is 5.18. The van der Waals surface area contributed by atoms with Crippen molar-refractivity contribution in [2.75, 3.05) is 0 Å². The van der Waals surface area contributed by atoms with Gasteiger partial charge >= 0.3 is 0 Å². The second-order valence-electron chi connectivity index (χ2n) is 8.02. The number of nitrogens with zero attached hydrogens (tertiary/aromatic N) is 2. The summed E-state index contributed by atoms with van der Waals surface area (Å²) in [4.78, 5) is 7.49. The summed E-state index contributed by atoms with van der Waals surface area (Å²) in [6.07, 6.45) is 16.6. The number of hydrogen-bond acceptors (Lipinski definition) is 3. The quantitative estimate of drug-likeness (QED) is 0.764. The second kappa shape index (κ2) is 7.23. The van der Waals surface area contributed by atoms with Crippen LogP contribution in [0.3, 0.4) is 0 Å². The van der Waals surface area contributed by atoms with Crippen LogP contribution in [-0.4, -0.2) is 22.4 Å². The minimum Gasteiger partial charge on any atom is -0.369 e. The summed E-state index contributed by atoms with van der Waals surface area (Å²) >= 11 is 0. The Morgan fingerprint density at radius 2 is 1.56 bits per heavy atom. The molecule has 3 nitrogen and oxygen atoms in total. The maximum atomic E-state index is 6.55. The molecule has 3 heteroatoms. The first kappa shape index (κ1) is 16.7. The number of nitrogens with two attached hydrogens (primary N) is 1. The minimum atomic E-state index is 0.0488. The van der Waals surface area contributed by atoms with E-state index in [0.717, 1.165) is 5.96 Å². The van der Waals surface area contributed by atoms with Crippen LogP contribution in [0.25, 0.3) is 6.08 Å². The standard InChI is InChI=1S/C22H31N3/c23-21-24-20(17-18-11-5-3-6-12-18)22(15-9-4-10-16-22)25(21)19-13-7-1-2-8-14-19/h3,5-6,11-12,17,19H,1-2,4,7-10,13-16H2,(H2,23,24)/b20-17-. The van der Waals surface area contributed by atoms with Gasteiger partial charge in [-0.1, -0.05) is 75.3 Å². The number of aliphatic imine (C=N–C) groups is 1. The van der Waals surface area contributed by atoms with Crippen LogP contribution in [0.2, 0.25) is 0 Å². The molecule has 0 atom stereocenters. The molecule has 0 saturated heterocycles. The topological polar surface area (TPSA) is 41.6 Å². The third-order valence-corrected chi connectivity index (χ3v) is 6.39. The molecule has 3 aliphatic rings. The van der Waals surface area contributed by atoms with Crippen molar-refractivity contribution in [2.24, 2.45) is 10.7 Å². The summed E-state index contributed by atoms with van der Waals surface area (Å²) in [7, 11) is 0. The van der Waals surface area contributed by atoms with Crippen LogP contribution in [0.5, 0.6) is 0 Å². The summed E-state index contributed by atoms with van der Waals surface area (Å²) in [5.74, 6) is 0.774. The largest absolute Gasteiger partial charge is 0.369 e. The van der Waals surface area contributed by atoms with Crippen molar-refractivity contribution in [2.45, 2.75) is 82.2 Å². The molecule has 1 aromatic carbocycles. The van der Waals surface area contributed by atoms with Gasteiger partial charge in [-0.2, -0.15) is 0 Å². The van der Waals surface area contributed by atoms with Gasteiger partial charge < -0.3 is 10.6 Å². The van der Waals surface area contributed by atoms with Gasteiger partial charge in [0.2, 0.25) is 0 Å². The molecule has 2 fully saturated rings. The van der Waals surface area contributed by atoms with E-state index in [1.165, 1.54) is 81.9 Å². The Balaban J connectivity index is 1.71. The van der Waals surface area contributed by atoms with Crippen LogP contribution in [0.4, 0.5) is 0 Å². The van der Waals surface area contributed by atoms with Crippen LogP contribution in [-0.2, 0) is 0 Å². The summed E-state index contributed by atoms with van der Waals surface area (Å²) < 4.78 is 0. The normalized spacial score (nSPS) is 26.0. The van der Waals surface area contributed by atoms with Gasteiger partial charge in [0.15, 0.2) is 5.96 Å². The van der Waals surface area contributed by atoms with E-state index in [-0.39, 0.29) is 5.54 Å². The first-order chi connectivity index (χ1) is 12.3. The molecule has 0 unspecified atom stereocenters. The van der Waals surface area contributed by atoms with E-state index in [0.29, 0.717) is 6.04 Å². The van der Waals surface area contributed by atoms with Crippen LogP contribution in [0.15, 0.2) is 41.0 Å². The Labute approximate surface area is 152 Å². The maximum absolute atomic E-state index is 6.55. The summed E-state index contributed by atoms with van der Waals surface area (Å²) in [6, 6.07) is 11.2. The van der Waals surface area contributed by atoms with Crippen molar-refractivity contribution >= 4 is 12.0 Å². The SMILES string of the molecule is NC1=N/C(=C\c2ccccc2)C2(CCCCC2)N1C1CCCCCC1. The van der Waals surface area contributed by atoms with Gasteiger partial charge in [-0.3, -0.25) is 0 Å². The fraction of sp³-hybridized carbons (Fsp3) is 0.591. The van der Waals surface area contributed by atoms with E-state index < -0.39 is 0 Å². The van der Waals surface area contributed by atoms with Gasteiger partial charge in [-0.25, -0.2) is 4.99 Å². The molecule has 4 rings (SSSR count). The average Bonchev–Trinajstić information content (AvgIpc) is 2.82. The molecule has 1 aliphatic heterocycles.